The molecule has 0 aliphatic rings. The molecule has 0 radical (unpaired) electrons. The summed E-state index contributed by atoms with van der Waals surface area (Å²) in [6.45, 7) is 5.13. The number of rotatable bonds is 9. The summed E-state index contributed by atoms with van der Waals surface area (Å²) in [4.78, 5) is 12.3. The van der Waals surface area contributed by atoms with Gasteiger partial charge >= 0.3 is 0 Å². The van der Waals surface area contributed by atoms with E-state index in [0.29, 0.717) is 23.6 Å². The highest BCUT2D eigenvalue weighted by molar-refractivity contribution is 5.95. The van der Waals surface area contributed by atoms with Gasteiger partial charge in [-0.1, -0.05) is 41.6 Å². The molecule has 1 aromatic heterocycles. The van der Waals surface area contributed by atoms with Crippen molar-refractivity contribution in [1.29, 1.82) is 5.26 Å². The van der Waals surface area contributed by atoms with E-state index in [-0.39, 0.29) is 11.9 Å². The molecule has 0 bridgehead atoms. The highest BCUT2D eigenvalue weighted by Gasteiger charge is 2.13. The molecule has 160 valence electrons. The van der Waals surface area contributed by atoms with Crippen LogP contribution in [0.4, 0.5) is 0 Å². The SMILES string of the molecule is COCC(C)NCc1ccc(-c2cc(-c3cccc(C(=O)NC(C)C#N)c3)no2)cc1. The van der Waals surface area contributed by atoms with E-state index in [1.165, 1.54) is 0 Å². The zero-order valence-corrected chi connectivity index (χ0v) is 17.9. The summed E-state index contributed by atoms with van der Waals surface area (Å²) in [5.74, 6) is 0.346. The van der Waals surface area contributed by atoms with Crippen LogP contribution < -0.4 is 10.6 Å². The monoisotopic (exact) mass is 418 g/mol. The molecular formula is C24H26N4O3. The first-order valence-electron chi connectivity index (χ1n) is 10.1. The van der Waals surface area contributed by atoms with Crippen LogP contribution in [-0.4, -0.2) is 36.9 Å². The molecule has 7 heteroatoms. The molecule has 1 heterocycles. The van der Waals surface area contributed by atoms with Crippen molar-refractivity contribution in [2.45, 2.75) is 32.5 Å². The fourth-order valence-electron chi connectivity index (χ4n) is 3.07. The number of nitriles is 1. The number of methoxy groups -OCH3 is 1. The van der Waals surface area contributed by atoms with Gasteiger partial charge < -0.3 is 19.9 Å². The van der Waals surface area contributed by atoms with Gasteiger partial charge in [-0.25, -0.2) is 0 Å². The average molecular weight is 418 g/mol. The smallest absolute Gasteiger partial charge is 0.252 e. The second-order valence-corrected chi connectivity index (χ2v) is 7.42. The topological polar surface area (TPSA) is 100 Å². The van der Waals surface area contributed by atoms with E-state index >= 15 is 0 Å². The third-order valence-electron chi connectivity index (χ3n) is 4.78. The predicted octanol–water partition coefficient (Wildman–Crippen LogP) is 3.77. The highest BCUT2D eigenvalue weighted by atomic mass is 16.5. The third kappa shape index (κ3) is 6.01. The quantitative estimate of drug-likeness (QED) is 0.549. The van der Waals surface area contributed by atoms with Gasteiger partial charge in [-0.05, 0) is 31.5 Å². The molecule has 7 nitrogen and oxygen atoms in total. The van der Waals surface area contributed by atoms with Gasteiger partial charge in [0.1, 0.15) is 11.7 Å². The van der Waals surface area contributed by atoms with Gasteiger partial charge in [-0.3, -0.25) is 4.79 Å². The Bertz CT molecular complexity index is 1050. The highest BCUT2D eigenvalue weighted by Crippen LogP contribution is 2.27. The lowest BCUT2D eigenvalue weighted by Gasteiger charge is -2.12. The van der Waals surface area contributed by atoms with E-state index < -0.39 is 6.04 Å². The maximum Gasteiger partial charge on any atom is 0.252 e. The molecule has 31 heavy (non-hydrogen) atoms. The van der Waals surface area contributed by atoms with Gasteiger partial charge in [0.25, 0.3) is 5.91 Å². The summed E-state index contributed by atoms with van der Waals surface area (Å²) in [6, 6.07) is 18.7. The molecule has 0 aliphatic heterocycles. The van der Waals surface area contributed by atoms with Gasteiger partial charge in [0.2, 0.25) is 0 Å². The van der Waals surface area contributed by atoms with Gasteiger partial charge in [0, 0.05) is 42.5 Å². The van der Waals surface area contributed by atoms with E-state index in [4.69, 9.17) is 14.5 Å². The molecular weight excluding hydrogens is 392 g/mol. The maximum atomic E-state index is 12.3. The van der Waals surface area contributed by atoms with E-state index in [9.17, 15) is 4.79 Å². The van der Waals surface area contributed by atoms with Crippen molar-refractivity contribution >= 4 is 5.91 Å². The van der Waals surface area contributed by atoms with Crippen molar-refractivity contribution in [3.05, 3.63) is 65.7 Å². The summed E-state index contributed by atoms with van der Waals surface area (Å²) >= 11 is 0. The molecule has 2 atom stereocenters. The third-order valence-corrected chi connectivity index (χ3v) is 4.78. The molecule has 3 rings (SSSR count). The lowest BCUT2D eigenvalue weighted by Crippen LogP contribution is -2.31. The van der Waals surface area contributed by atoms with Crippen molar-refractivity contribution in [3.8, 4) is 28.7 Å². The van der Waals surface area contributed by atoms with Crippen molar-refractivity contribution in [1.82, 2.24) is 15.8 Å². The Morgan fingerprint density at radius 3 is 2.65 bits per heavy atom. The van der Waals surface area contributed by atoms with Crippen molar-refractivity contribution in [2.24, 2.45) is 0 Å². The van der Waals surface area contributed by atoms with Crippen LogP contribution in [0, 0.1) is 11.3 Å². The fourth-order valence-corrected chi connectivity index (χ4v) is 3.07. The van der Waals surface area contributed by atoms with Crippen LogP contribution >= 0.6 is 0 Å². The first-order valence-corrected chi connectivity index (χ1v) is 10.1. The van der Waals surface area contributed by atoms with Crippen LogP contribution in [0.1, 0.15) is 29.8 Å². The maximum absolute atomic E-state index is 12.3. The Balaban J connectivity index is 1.70. The molecule has 3 aromatic rings. The summed E-state index contributed by atoms with van der Waals surface area (Å²) in [7, 11) is 1.69. The normalized spacial score (nSPS) is 12.7. The second kappa shape index (κ2) is 10.5. The molecule has 0 aliphatic carbocycles. The van der Waals surface area contributed by atoms with Crippen LogP contribution in [0.3, 0.4) is 0 Å². The summed E-state index contributed by atoms with van der Waals surface area (Å²) in [5, 5.41) is 19.1. The van der Waals surface area contributed by atoms with Crippen molar-refractivity contribution in [2.75, 3.05) is 13.7 Å². The first-order chi connectivity index (χ1) is 15.0. The summed E-state index contributed by atoms with van der Waals surface area (Å²) in [5.41, 5.74) is 3.95. The first kappa shape index (κ1) is 22.2. The Hall–Kier alpha value is -3.47. The van der Waals surface area contributed by atoms with Crippen LogP contribution in [-0.2, 0) is 11.3 Å². The van der Waals surface area contributed by atoms with Crippen LogP contribution in [0.15, 0.2) is 59.1 Å². The Morgan fingerprint density at radius 2 is 1.94 bits per heavy atom. The molecule has 0 spiro atoms. The zero-order valence-electron chi connectivity index (χ0n) is 17.9. The number of amides is 1. The predicted molar refractivity (Wildman–Crippen MR) is 118 cm³/mol. The number of hydrogen-bond acceptors (Lipinski definition) is 6. The van der Waals surface area contributed by atoms with Gasteiger partial charge in [-0.15, -0.1) is 0 Å². The van der Waals surface area contributed by atoms with Crippen LogP contribution in [0.25, 0.3) is 22.6 Å². The number of benzene rings is 2. The van der Waals surface area contributed by atoms with Crippen LogP contribution in [0.2, 0.25) is 0 Å². The molecule has 0 saturated heterocycles. The molecule has 0 fully saturated rings. The number of ether oxygens (including phenoxy) is 1. The second-order valence-electron chi connectivity index (χ2n) is 7.42. The standard InChI is InChI=1S/C24H26N4O3/c1-16(13-25)27-24(29)21-6-4-5-20(11-21)22-12-23(31-28-22)19-9-7-18(8-10-19)14-26-17(2)15-30-3/h4-12,16-17,26H,14-15H2,1-3H3,(H,27,29). The lowest BCUT2D eigenvalue weighted by molar-refractivity contribution is 0.0948. The summed E-state index contributed by atoms with van der Waals surface area (Å²) in [6.07, 6.45) is 0. The van der Waals surface area contributed by atoms with Gasteiger partial charge in [-0.2, -0.15) is 5.26 Å². The minimum atomic E-state index is -0.559. The molecule has 2 unspecified atom stereocenters. The fraction of sp³-hybridized carbons (Fsp3) is 0.292. The molecule has 2 N–H and O–H groups in total. The average Bonchev–Trinajstić information content (AvgIpc) is 3.28. The van der Waals surface area contributed by atoms with E-state index in [0.717, 1.165) is 23.2 Å². The lowest BCUT2D eigenvalue weighted by atomic mass is 10.1. The number of aromatic nitrogens is 1. The van der Waals surface area contributed by atoms with E-state index in [1.54, 1.807) is 32.2 Å². The van der Waals surface area contributed by atoms with Crippen LogP contribution in [0.5, 0.6) is 0 Å². The number of carbonyl (C=O) groups excluding carboxylic acids is 1. The number of hydrogen-bond donors (Lipinski definition) is 2. The Kier molecular flexibility index (Phi) is 7.55. The minimum Gasteiger partial charge on any atom is -0.383 e. The van der Waals surface area contributed by atoms with Gasteiger partial charge in [0.15, 0.2) is 5.76 Å². The van der Waals surface area contributed by atoms with Crippen molar-refractivity contribution < 1.29 is 14.1 Å². The molecule has 0 saturated carbocycles. The van der Waals surface area contributed by atoms with E-state index in [1.807, 2.05) is 42.5 Å². The minimum absolute atomic E-state index is 0.280. The number of nitrogens with zero attached hydrogens (tertiary/aromatic N) is 2. The van der Waals surface area contributed by atoms with Gasteiger partial charge in [0.05, 0.1) is 12.7 Å². The summed E-state index contributed by atoms with van der Waals surface area (Å²) < 4.78 is 10.7. The van der Waals surface area contributed by atoms with Crippen molar-refractivity contribution in [3.63, 3.8) is 0 Å². The largest absolute Gasteiger partial charge is 0.383 e. The number of carbonyl (C=O) groups is 1. The van der Waals surface area contributed by atoms with E-state index in [2.05, 4.69) is 22.7 Å². The molecule has 1 amide bonds. The zero-order chi connectivity index (χ0) is 22.2. The Labute approximate surface area is 182 Å². The Morgan fingerprint density at radius 1 is 1.16 bits per heavy atom. The molecule has 2 aromatic carbocycles. The number of nitrogens with one attached hydrogen (secondary N) is 2.